The standard InChI is InChI=1S/C12H24N2O3/c1-9(12(15)14-6-7-16-2)17-11-5-3-4-10(11)8-13/h9-11H,3-8,13H2,1-2H3,(H,14,15). The van der Waals surface area contributed by atoms with Crippen molar-refractivity contribution in [1.29, 1.82) is 0 Å². The monoisotopic (exact) mass is 244 g/mol. The topological polar surface area (TPSA) is 73.6 Å². The summed E-state index contributed by atoms with van der Waals surface area (Å²) in [6.07, 6.45) is 2.99. The molecule has 5 heteroatoms. The summed E-state index contributed by atoms with van der Waals surface area (Å²) in [5, 5.41) is 2.77. The van der Waals surface area contributed by atoms with E-state index in [-0.39, 0.29) is 12.0 Å². The van der Waals surface area contributed by atoms with Crippen LogP contribution in [0.5, 0.6) is 0 Å². The molecular weight excluding hydrogens is 220 g/mol. The Bertz CT molecular complexity index is 236. The highest BCUT2D eigenvalue weighted by molar-refractivity contribution is 5.80. The van der Waals surface area contributed by atoms with Crippen molar-refractivity contribution in [3.05, 3.63) is 0 Å². The number of amides is 1. The van der Waals surface area contributed by atoms with Gasteiger partial charge < -0.3 is 20.5 Å². The summed E-state index contributed by atoms with van der Waals surface area (Å²) in [5.41, 5.74) is 5.68. The lowest BCUT2D eigenvalue weighted by Gasteiger charge is -2.22. The Kier molecular flexibility index (Phi) is 6.47. The van der Waals surface area contributed by atoms with E-state index < -0.39 is 6.10 Å². The molecule has 0 aromatic carbocycles. The van der Waals surface area contributed by atoms with Gasteiger partial charge in [0.25, 0.3) is 0 Å². The van der Waals surface area contributed by atoms with Crippen LogP contribution in [-0.2, 0) is 14.3 Å². The second-order valence-electron chi connectivity index (χ2n) is 4.53. The van der Waals surface area contributed by atoms with Crippen molar-refractivity contribution >= 4 is 5.91 Å². The van der Waals surface area contributed by atoms with Crippen LogP contribution in [0, 0.1) is 5.92 Å². The molecule has 0 spiro atoms. The lowest BCUT2D eigenvalue weighted by atomic mass is 10.1. The zero-order valence-electron chi connectivity index (χ0n) is 10.8. The van der Waals surface area contributed by atoms with Crippen molar-refractivity contribution < 1.29 is 14.3 Å². The van der Waals surface area contributed by atoms with Crippen LogP contribution in [0.4, 0.5) is 0 Å². The first kappa shape index (κ1) is 14.4. The Morgan fingerprint density at radius 1 is 1.53 bits per heavy atom. The van der Waals surface area contributed by atoms with Gasteiger partial charge in [0.05, 0.1) is 12.7 Å². The highest BCUT2D eigenvalue weighted by Crippen LogP contribution is 2.28. The third kappa shape index (κ3) is 4.61. The maximum absolute atomic E-state index is 11.7. The predicted molar refractivity (Wildman–Crippen MR) is 65.6 cm³/mol. The lowest BCUT2D eigenvalue weighted by Crippen LogP contribution is -2.39. The quantitative estimate of drug-likeness (QED) is 0.631. The number of rotatable bonds is 7. The van der Waals surface area contributed by atoms with Gasteiger partial charge in [-0.2, -0.15) is 0 Å². The van der Waals surface area contributed by atoms with E-state index in [1.54, 1.807) is 14.0 Å². The predicted octanol–water partition coefficient (Wildman–Crippen LogP) is 0.282. The summed E-state index contributed by atoms with van der Waals surface area (Å²) >= 11 is 0. The van der Waals surface area contributed by atoms with Gasteiger partial charge in [0, 0.05) is 13.7 Å². The summed E-state index contributed by atoms with van der Waals surface area (Å²) in [5.74, 6) is 0.328. The number of ether oxygens (including phenoxy) is 2. The molecule has 17 heavy (non-hydrogen) atoms. The normalized spacial score (nSPS) is 25.8. The third-order valence-electron chi connectivity index (χ3n) is 3.25. The van der Waals surface area contributed by atoms with Gasteiger partial charge in [-0.15, -0.1) is 0 Å². The molecule has 0 aromatic rings. The van der Waals surface area contributed by atoms with Gasteiger partial charge in [-0.25, -0.2) is 0 Å². The van der Waals surface area contributed by atoms with Crippen LogP contribution in [0.1, 0.15) is 26.2 Å². The molecule has 1 aliphatic carbocycles. The van der Waals surface area contributed by atoms with E-state index in [1.165, 1.54) is 0 Å². The van der Waals surface area contributed by atoms with Gasteiger partial charge >= 0.3 is 0 Å². The van der Waals surface area contributed by atoms with Crippen molar-refractivity contribution in [2.45, 2.75) is 38.4 Å². The van der Waals surface area contributed by atoms with Gasteiger partial charge in [0.1, 0.15) is 6.10 Å². The molecule has 3 N–H and O–H groups in total. The Hall–Kier alpha value is -0.650. The lowest BCUT2D eigenvalue weighted by molar-refractivity contribution is -0.136. The molecule has 0 heterocycles. The van der Waals surface area contributed by atoms with Crippen LogP contribution in [-0.4, -0.2) is 44.9 Å². The van der Waals surface area contributed by atoms with Crippen LogP contribution in [0.25, 0.3) is 0 Å². The molecule has 1 aliphatic rings. The maximum atomic E-state index is 11.7. The fourth-order valence-electron chi connectivity index (χ4n) is 2.20. The van der Waals surface area contributed by atoms with E-state index in [4.69, 9.17) is 15.2 Å². The van der Waals surface area contributed by atoms with Crippen molar-refractivity contribution in [3.8, 4) is 0 Å². The van der Waals surface area contributed by atoms with E-state index in [1.807, 2.05) is 0 Å². The number of nitrogens with two attached hydrogens (primary N) is 1. The highest BCUT2D eigenvalue weighted by atomic mass is 16.5. The molecule has 0 aliphatic heterocycles. The minimum Gasteiger partial charge on any atom is -0.383 e. The number of methoxy groups -OCH3 is 1. The molecule has 3 unspecified atom stereocenters. The molecule has 5 nitrogen and oxygen atoms in total. The molecule has 1 fully saturated rings. The van der Waals surface area contributed by atoms with E-state index in [0.717, 1.165) is 19.3 Å². The van der Waals surface area contributed by atoms with Crippen LogP contribution in [0.2, 0.25) is 0 Å². The summed E-state index contributed by atoms with van der Waals surface area (Å²) < 4.78 is 10.6. The highest BCUT2D eigenvalue weighted by Gasteiger charge is 2.29. The average molecular weight is 244 g/mol. The Balaban J connectivity index is 2.27. The summed E-state index contributed by atoms with van der Waals surface area (Å²) in [6, 6.07) is 0. The fraction of sp³-hybridized carbons (Fsp3) is 0.917. The van der Waals surface area contributed by atoms with Crippen LogP contribution in [0.15, 0.2) is 0 Å². The van der Waals surface area contributed by atoms with E-state index in [2.05, 4.69) is 5.32 Å². The molecule has 0 bridgehead atoms. The van der Waals surface area contributed by atoms with Gasteiger partial charge in [-0.3, -0.25) is 4.79 Å². The zero-order chi connectivity index (χ0) is 12.7. The summed E-state index contributed by atoms with van der Waals surface area (Å²) in [7, 11) is 1.61. The Labute approximate surface area is 103 Å². The molecular formula is C12H24N2O3. The summed E-state index contributed by atoms with van der Waals surface area (Å²) in [6.45, 7) is 3.47. The summed E-state index contributed by atoms with van der Waals surface area (Å²) in [4.78, 5) is 11.7. The second-order valence-corrected chi connectivity index (χ2v) is 4.53. The van der Waals surface area contributed by atoms with Crippen LogP contribution >= 0.6 is 0 Å². The van der Waals surface area contributed by atoms with E-state index in [9.17, 15) is 4.79 Å². The largest absolute Gasteiger partial charge is 0.383 e. The molecule has 1 amide bonds. The van der Waals surface area contributed by atoms with Gasteiger partial charge in [-0.1, -0.05) is 6.42 Å². The van der Waals surface area contributed by atoms with Crippen LogP contribution in [0.3, 0.4) is 0 Å². The van der Waals surface area contributed by atoms with Crippen molar-refractivity contribution in [1.82, 2.24) is 5.32 Å². The fourth-order valence-corrected chi connectivity index (χ4v) is 2.20. The van der Waals surface area contributed by atoms with Gasteiger partial charge in [0.2, 0.25) is 5.91 Å². The van der Waals surface area contributed by atoms with Crippen LogP contribution < -0.4 is 11.1 Å². The molecule has 100 valence electrons. The number of nitrogens with one attached hydrogen (secondary N) is 1. The molecule has 0 saturated heterocycles. The Morgan fingerprint density at radius 3 is 2.94 bits per heavy atom. The number of hydrogen-bond acceptors (Lipinski definition) is 4. The minimum absolute atomic E-state index is 0.0790. The van der Waals surface area contributed by atoms with Gasteiger partial charge in [0.15, 0.2) is 0 Å². The SMILES string of the molecule is COCCNC(=O)C(C)OC1CCCC1CN. The average Bonchev–Trinajstić information content (AvgIpc) is 2.76. The Morgan fingerprint density at radius 2 is 2.29 bits per heavy atom. The van der Waals surface area contributed by atoms with E-state index in [0.29, 0.717) is 25.6 Å². The van der Waals surface area contributed by atoms with Gasteiger partial charge in [-0.05, 0) is 32.2 Å². The van der Waals surface area contributed by atoms with E-state index >= 15 is 0 Å². The number of hydrogen-bond donors (Lipinski definition) is 2. The van der Waals surface area contributed by atoms with Crippen molar-refractivity contribution in [3.63, 3.8) is 0 Å². The second kappa shape index (κ2) is 7.63. The first-order valence-electron chi connectivity index (χ1n) is 6.31. The first-order chi connectivity index (χ1) is 8.19. The first-order valence-corrected chi connectivity index (χ1v) is 6.31. The molecule has 1 rings (SSSR count). The third-order valence-corrected chi connectivity index (χ3v) is 3.25. The number of carbonyl (C=O) groups is 1. The minimum atomic E-state index is -0.413. The van der Waals surface area contributed by atoms with Crippen molar-refractivity contribution in [2.75, 3.05) is 26.8 Å². The van der Waals surface area contributed by atoms with Crippen molar-refractivity contribution in [2.24, 2.45) is 11.7 Å². The zero-order valence-corrected chi connectivity index (χ0v) is 10.8. The number of carbonyl (C=O) groups excluding carboxylic acids is 1. The molecule has 3 atom stereocenters. The molecule has 1 saturated carbocycles. The molecule has 0 aromatic heterocycles. The maximum Gasteiger partial charge on any atom is 0.248 e. The smallest absolute Gasteiger partial charge is 0.248 e. The molecule has 0 radical (unpaired) electrons.